The van der Waals surface area contributed by atoms with Gasteiger partial charge in [-0.05, 0) is 43.4 Å². The van der Waals surface area contributed by atoms with Gasteiger partial charge in [0.25, 0.3) is 0 Å². The zero-order valence-electron chi connectivity index (χ0n) is 15.6. The Morgan fingerprint density at radius 3 is 2.52 bits per heavy atom. The fourth-order valence-electron chi connectivity index (χ4n) is 3.85. The fraction of sp³-hybridized carbons (Fsp3) is 0.474. The van der Waals surface area contributed by atoms with Crippen LogP contribution in [0.1, 0.15) is 41.6 Å². The van der Waals surface area contributed by atoms with E-state index in [0.29, 0.717) is 29.9 Å². The molecule has 29 heavy (non-hydrogen) atoms. The van der Waals surface area contributed by atoms with Crippen molar-refractivity contribution in [2.45, 2.75) is 37.9 Å². The minimum Gasteiger partial charge on any atom is -0.311 e. The number of hydrogen-bond donors (Lipinski definition) is 1. The van der Waals surface area contributed by atoms with Crippen LogP contribution < -0.4 is 5.32 Å². The van der Waals surface area contributed by atoms with Gasteiger partial charge in [-0.1, -0.05) is 12.1 Å². The van der Waals surface area contributed by atoms with E-state index in [2.05, 4.69) is 10.4 Å². The summed E-state index contributed by atoms with van der Waals surface area (Å²) < 4.78 is 63.2. The van der Waals surface area contributed by atoms with Crippen molar-refractivity contribution < 1.29 is 26.4 Å². The Balaban J connectivity index is 1.44. The van der Waals surface area contributed by atoms with Gasteiger partial charge in [0.1, 0.15) is 5.82 Å². The number of aromatic nitrogens is 2. The average Bonchev–Trinajstić information content (AvgIpc) is 3.24. The van der Waals surface area contributed by atoms with E-state index in [9.17, 15) is 26.4 Å². The standard InChI is InChI=1S/C19H20F3N3O3S/c1-11-8-17(25(24-11)14-6-7-29(27,28)10-14)23-18(26)16-9-15(16)12-2-4-13(5-3-12)19(20,21)22/h2-5,8,14-16H,6-7,9-10H2,1H3,(H,23,26)/t14-,15-,16+/m0/s1. The molecule has 2 aliphatic rings. The van der Waals surface area contributed by atoms with Crippen molar-refractivity contribution in [1.82, 2.24) is 9.78 Å². The Kier molecular flexibility index (Phi) is 4.71. The van der Waals surface area contributed by atoms with Crippen LogP contribution in [0.5, 0.6) is 0 Å². The monoisotopic (exact) mass is 427 g/mol. The van der Waals surface area contributed by atoms with Gasteiger partial charge in [-0.3, -0.25) is 4.79 Å². The number of anilines is 1. The number of benzene rings is 1. The van der Waals surface area contributed by atoms with Crippen LogP contribution in [0, 0.1) is 12.8 Å². The zero-order chi connectivity index (χ0) is 21.0. The largest absolute Gasteiger partial charge is 0.416 e. The van der Waals surface area contributed by atoms with E-state index in [-0.39, 0.29) is 35.3 Å². The number of alkyl halides is 3. The molecule has 0 spiro atoms. The molecule has 1 amide bonds. The summed E-state index contributed by atoms with van der Waals surface area (Å²) >= 11 is 0. The van der Waals surface area contributed by atoms with E-state index in [0.717, 1.165) is 12.1 Å². The molecule has 1 aliphatic carbocycles. The first-order chi connectivity index (χ1) is 13.5. The van der Waals surface area contributed by atoms with Crippen LogP contribution in [0.15, 0.2) is 30.3 Å². The minimum atomic E-state index is -4.39. The molecule has 3 atom stereocenters. The number of rotatable bonds is 4. The normalized spacial score (nSPS) is 25.7. The number of hydrogen-bond acceptors (Lipinski definition) is 4. The van der Waals surface area contributed by atoms with E-state index in [4.69, 9.17) is 0 Å². The van der Waals surface area contributed by atoms with Crippen molar-refractivity contribution in [3.63, 3.8) is 0 Å². The van der Waals surface area contributed by atoms with Crippen molar-refractivity contribution in [3.05, 3.63) is 47.2 Å². The molecule has 156 valence electrons. The third-order valence-corrected chi connectivity index (χ3v) is 7.21. The summed E-state index contributed by atoms with van der Waals surface area (Å²) in [5.41, 5.74) is 0.651. The van der Waals surface area contributed by atoms with Gasteiger partial charge in [0, 0.05) is 12.0 Å². The summed E-state index contributed by atoms with van der Waals surface area (Å²) in [5.74, 6) is -0.147. The second-order valence-corrected chi connectivity index (χ2v) is 9.96. The highest BCUT2D eigenvalue weighted by molar-refractivity contribution is 7.91. The minimum absolute atomic E-state index is 0.00536. The second-order valence-electron chi connectivity index (χ2n) is 7.73. The Bertz CT molecular complexity index is 1040. The summed E-state index contributed by atoms with van der Waals surface area (Å²) in [7, 11) is -3.10. The maximum atomic E-state index is 12.7. The van der Waals surface area contributed by atoms with Crippen molar-refractivity contribution in [2.75, 3.05) is 16.8 Å². The molecule has 10 heteroatoms. The summed E-state index contributed by atoms with van der Waals surface area (Å²) in [6.45, 7) is 1.76. The van der Waals surface area contributed by atoms with Gasteiger partial charge >= 0.3 is 6.18 Å². The third kappa shape index (κ3) is 4.17. The number of carbonyl (C=O) groups is 1. The predicted octanol–water partition coefficient (Wildman–Crippen LogP) is 3.31. The number of aryl methyl sites for hydroxylation is 1. The van der Waals surface area contributed by atoms with Gasteiger partial charge in [0.2, 0.25) is 5.91 Å². The zero-order valence-corrected chi connectivity index (χ0v) is 16.4. The highest BCUT2D eigenvalue weighted by Crippen LogP contribution is 2.48. The van der Waals surface area contributed by atoms with Crippen molar-refractivity contribution in [2.24, 2.45) is 5.92 Å². The lowest BCUT2D eigenvalue weighted by molar-refractivity contribution is -0.137. The molecule has 0 bridgehead atoms. The summed E-state index contributed by atoms with van der Waals surface area (Å²) in [6, 6.07) is 6.27. The van der Waals surface area contributed by atoms with Gasteiger partial charge in [-0.25, -0.2) is 13.1 Å². The molecule has 6 nitrogen and oxygen atoms in total. The molecule has 1 aliphatic heterocycles. The summed E-state index contributed by atoms with van der Waals surface area (Å²) in [6.07, 6.45) is -3.38. The van der Waals surface area contributed by atoms with Gasteiger partial charge in [-0.2, -0.15) is 18.3 Å². The highest BCUT2D eigenvalue weighted by atomic mass is 32.2. The second kappa shape index (κ2) is 6.86. The van der Waals surface area contributed by atoms with Crippen LogP contribution in [-0.2, 0) is 20.8 Å². The summed E-state index contributed by atoms with van der Waals surface area (Å²) in [4.78, 5) is 12.6. The number of amides is 1. The van der Waals surface area contributed by atoms with E-state index in [1.807, 2.05) is 0 Å². The maximum Gasteiger partial charge on any atom is 0.416 e. The predicted molar refractivity (Wildman–Crippen MR) is 100 cm³/mol. The van der Waals surface area contributed by atoms with Crippen molar-refractivity contribution in [3.8, 4) is 0 Å². The van der Waals surface area contributed by atoms with E-state index in [1.54, 1.807) is 17.7 Å². The molecule has 0 unspecified atom stereocenters. The van der Waals surface area contributed by atoms with Crippen LogP contribution in [0.4, 0.5) is 19.0 Å². The first kappa shape index (κ1) is 19.9. The SMILES string of the molecule is Cc1cc(NC(=O)[C@@H]2C[C@H]2c2ccc(C(F)(F)F)cc2)n([C@H]2CCS(=O)(=O)C2)n1. The van der Waals surface area contributed by atoms with Crippen LogP contribution in [0.3, 0.4) is 0 Å². The van der Waals surface area contributed by atoms with Crippen molar-refractivity contribution in [1.29, 1.82) is 0 Å². The lowest BCUT2D eigenvalue weighted by Crippen LogP contribution is -2.21. The van der Waals surface area contributed by atoms with Crippen molar-refractivity contribution >= 4 is 21.6 Å². The van der Waals surface area contributed by atoms with E-state index < -0.39 is 21.6 Å². The molecule has 1 aromatic heterocycles. The molecule has 1 saturated carbocycles. The van der Waals surface area contributed by atoms with Gasteiger partial charge in [0.05, 0.1) is 28.8 Å². The average molecular weight is 427 g/mol. The molecular weight excluding hydrogens is 407 g/mol. The molecule has 4 rings (SSSR count). The van der Waals surface area contributed by atoms with Gasteiger partial charge < -0.3 is 5.32 Å². The molecule has 1 N–H and O–H groups in total. The topological polar surface area (TPSA) is 81.1 Å². The van der Waals surface area contributed by atoms with Gasteiger partial charge in [-0.15, -0.1) is 0 Å². The highest BCUT2D eigenvalue weighted by Gasteiger charge is 2.44. The third-order valence-electron chi connectivity index (χ3n) is 5.46. The molecule has 1 saturated heterocycles. The molecular formula is C19H20F3N3O3S. The lowest BCUT2D eigenvalue weighted by atomic mass is 10.1. The van der Waals surface area contributed by atoms with Gasteiger partial charge in [0.15, 0.2) is 9.84 Å². The van der Waals surface area contributed by atoms with E-state index >= 15 is 0 Å². The number of carbonyl (C=O) groups excluding carboxylic acids is 1. The number of nitrogens with one attached hydrogen (secondary N) is 1. The summed E-state index contributed by atoms with van der Waals surface area (Å²) in [5, 5.41) is 7.15. The fourth-order valence-corrected chi connectivity index (χ4v) is 5.54. The first-order valence-corrected chi connectivity index (χ1v) is 11.1. The lowest BCUT2D eigenvalue weighted by Gasteiger charge is -2.14. The first-order valence-electron chi connectivity index (χ1n) is 9.28. The molecule has 1 aromatic carbocycles. The Morgan fingerprint density at radius 1 is 1.24 bits per heavy atom. The Hall–Kier alpha value is -2.36. The number of halogens is 3. The van der Waals surface area contributed by atoms with Crippen LogP contribution in [0.25, 0.3) is 0 Å². The Labute approximate surface area is 166 Å². The number of sulfone groups is 1. The van der Waals surface area contributed by atoms with Crippen LogP contribution >= 0.6 is 0 Å². The van der Waals surface area contributed by atoms with Crippen LogP contribution in [0.2, 0.25) is 0 Å². The smallest absolute Gasteiger partial charge is 0.311 e. The Morgan fingerprint density at radius 2 is 1.93 bits per heavy atom. The number of nitrogens with zero attached hydrogens (tertiary/aromatic N) is 2. The van der Waals surface area contributed by atoms with Crippen LogP contribution in [-0.4, -0.2) is 35.6 Å². The molecule has 2 heterocycles. The van der Waals surface area contributed by atoms with E-state index in [1.165, 1.54) is 12.1 Å². The molecule has 2 aromatic rings. The molecule has 2 fully saturated rings. The maximum absolute atomic E-state index is 12.7. The molecule has 0 radical (unpaired) electrons. The quantitative estimate of drug-likeness (QED) is 0.812.